The van der Waals surface area contributed by atoms with Crippen LogP contribution < -0.4 is 4.74 Å². The molecule has 1 saturated heterocycles. The van der Waals surface area contributed by atoms with Crippen LogP contribution in [-0.2, 0) is 0 Å². The second kappa shape index (κ2) is 6.72. The van der Waals surface area contributed by atoms with Gasteiger partial charge in [0.1, 0.15) is 5.75 Å². The number of rotatable bonds is 3. The minimum absolute atomic E-state index is 0.121. The molecule has 4 rings (SSSR count). The molecular formula is C20H23N3O4. The molecule has 1 aromatic carbocycles. The molecule has 7 nitrogen and oxygen atoms in total. The molecule has 0 spiro atoms. The fourth-order valence-electron chi connectivity index (χ4n) is 4.22. The summed E-state index contributed by atoms with van der Waals surface area (Å²) in [5, 5.41) is 12.8. The number of carbonyl (C=O) groups excluding carboxylic acids is 1. The van der Waals surface area contributed by atoms with E-state index in [2.05, 4.69) is 25.0 Å². The highest BCUT2D eigenvalue weighted by molar-refractivity contribution is 5.86. The molecule has 2 aromatic rings. The van der Waals surface area contributed by atoms with Gasteiger partial charge in [-0.1, -0.05) is 12.1 Å². The van der Waals surface area contributed by atoms with E-state index in [4.69, 9.17) is 9.84 Å². The van der Waals surface area contributed by atoms with Gasteiger partial charge in [0.2, 0.25) is 0 Å². The summed E-state index contributed by atoms with van der Waals surface area (Å²) < 4.78 is 7.37. The van der Waals surface area contributed by atoms with Gasteiger partial charge in [0.05, 0.1) is 6.10 Å². The smallest absolute Gasteiger partial charge is 0.356 e. The van der Waals surface area contributed by atoms with Gasteiger partial charge in [0, 0.05) is 19.3 Å². The molecule has 142 valence electrons. The lowest BCUT2D eigenvalue weighted by atomic mass is 10.0. The normalized spacial score (nSPS) is 24.1. The van der Waals surface area contributed by atoms with E-state index in [-0.39, 0.29) is 17.8 Å². The van der Waals surface area contributed by atoms with Gasteiger partial charge in [-0.3, -0.25) is 0 Å². The van der Waals surface area contributed by atoms with E-state index in [1.807, 2.05) is 12.1 Å². The number of carboxylic acids is 1. The number of benzene rings is 1. The van der Waals surface area contributed by atoms with Crippen molar-refractivity contribution in [2.75, 3.05) is 13.1 Å². The Morgan fingerprint density at radius 2 is 1.85 bits per heavy atom. The highest BCUT2D eigenvalue weighted by atomic mass is 16.5. The van der Waals surface area contributed by atoms with E-state index in [1.165, 1.54) is 23.4 Å². The fourth-order valence-corrected chi connectivity index (χ4v) is 4.22. The van der Waals surface area contributed by atoms with Crippen molar-refractivity contribution in [1.82, 2.24) is 14.7 Å². The van der Waals surface area contributed by atoms with Crippen molar-refractivity contribution >= 4 is 12.0 Å². The van der Waals surface area contributed by atoms with E-state index >= 15 is 0 Å². The van der Waals surface area contributed by atoms with Crippen molar-refractivity contribution in [3.63, 3.8) is 0 Å². The number of likely N-dealkylation sites (tertiary alicyclic amines) is 1. The minimum Gasteiger partial charge on any atom is -0.490 e. The molecule has 2 heterocycles. The van der Waals surface area contributed by atoms with Gasteiger partial charge in [0.15, 0.2) is 5.69 Å². The first-order chi connectivity index (χ1) is 12.9. The number of aromatic carboxylic acids is 1. The quantitative estimate of drug-likeness (QED) is 0.899. The van der Waals surface area contributed by atoms with Crippen molar-refractivity contribution in [2.24, 2.45) is 11.8 Å². The number of aryl methyl sites for hydroxylation is 1. The lowest BCUT2D eigenvalue weighted by molar-refractivity contribution is 0.0690. The molecule has 1 aliphatic carbocycles. The van der Waals surface area contributed by atoms with Crippen molar-refractivity contribution in [1.29, 1.82) is 0 Å². The third-order valence-corrected chi connectivity index (χ3v) is 5.83. The van der Waals surface area contributed by atoms with Crippen molar-refractivity contribution in [3.05, 3.63) is 47.3 Å². The van der Waals surface area contributed by atoms with Gasteiger partial charge in [-0.05, 0) is 61.8 Å². The molecule has 1 aromatic heterocycles. The van der Waals surface area contributed by atoms with E-state index < -0.39 is 5.97 Å². The van der Waals surface area contributed by atoms with Gasteiger partial charge in [-0.2, -0.15) is 9.78 Å². The first-order valence-electron chi connectivity index (χ1n) is 9.23. The molecule has 1 amide bonds. The maximum atomic E-state index is 12.6. The molecule has 1 aliphatic heterocycles. The first-order valence-corrected chi connectivity index (χ1v) is 9.23. The standard InChI is InChI=1S/C20H23N3O4/c1-12-4-3-5-18(13(12)2)27-16-8-14-10-22(11-15(14)9-16)20(26)23-7-6-17(21-23)19(24)25/h3-7,14-16H,8-11H2,1-2H3,(H,24,25)/t14-,15+,16+. The Morgan fingerprint density at radius 1 is 1.15 bits per heavy atom. The lowest BCUT2D eigenvalue weighted by Crippen LogP contribution is -2.34. The third-order valence-electron chi connectivity index (χ3n) is 5.83. The summed E-state index contributed by atoms with van der Waals surface area (Å²) in [5.41, 5.74) is 2.28. The molecule has 0 bridgehead atoms. The molecule has 1 N–H and O–H groups in total. The Morgan fingerprint density at radius 3 is 2.48 bits per heavy atom. The van der Waals surface area contributed by atoms with Crippen LogP contribution in [0.1, 0.15) is 34.5 Å². The highest BCUT2D eigenvalue weighted by Gasteiger charge is 2.43. The SMILES string of the molecule is Cc1cccc(O[C@H]2C[C@@H]3CN(C(=O)n4ccc(C(=O)O)n4)C[C@@H]3C2)c1C. The maximum Gasteiger partial charge on any atom is 0.356 e. The van der Waals surface area contributed by atoms with E-state index in [1.54, 1.807) is 4.90 Å². The van der Waals surface area contributed by atoms with Crippen molar-refractivity contribution in [2.45, 2.75) is 32.8 Å². The third kappa shape index (κ3) is 3.29. The van der Waals surface area contributed by atoms with Crippen LogP contribution in [0.3, 0.4) is 0 Å². The zero-order valence-electron chi connectivity index (χ0n) is 15.5. The summed E-state index contributed by atoms with van der Waals surface area (Å²) in [6, 6.07) is 7.20. The van der Waals surface area contributed by atoms with Crippen LogP contribution in [0.25, 0.3) is 0 Å². The topological polar surface area (TPSA) is 84.7 Å². The number of nitrogens with zero attached hydrogens (tertiary/aromatic N) is 3. The molecule has 2 aliphatic rings. The average molecular weight is 369 g/mol. The Labute approximate surface area is 157 Å². The van der Waals surface area contributed by atoms with Crippen LogP contribution in [0, 0.1) is 25.7 Å². The largest absolute Gasteiger partial charge is 0.490 e. The second-order valence-corrected chi connectivity index (χ2v) is 7.57. The lowest BCUT2D eigenvalue weighted by Gasteiger charge is -2.20. The summed E-state index contributed by atoms with van der Waals surface area (Å²) in [6.45, 7) is 5.49. The molecule has 27 heavy (non-hydrogen) atoms. The molecule has 0 radical (unpaired) electrons. The monoisotopic (exact) mass is 369 g/mol. The van der Waals surface area contributed by atoms with Gasteiger partial charge in [0.25, 0.3) is 0 Å². The zero-order valence-corrected chi connectivity index (χ0v) is 15.5. The van der Waals surface area contributed by atoms with Gasteiger partial charge in [-0.15, -0.1) is 0 Å². The van der Waals surface area contributed by atoms with Gasteiger partial charge in [-0.25, -0.2) is 9.59 Å². The zero-order chi connectivity index (χ0) is 19.1. The predicted molar refractivity (Wildman–Crippen MR) is 98.1 cm³/mol. The molecular weight excluding hydrogens is 346 g/mol. The number of fused-ring (bicyclic) bond motifs is 1. The van der Waals surface area contributed by atoms with E-state index in [0.29, 0.717) is 24.9 Å². The van der Waals surface area contributed by atoms with Crippen molar-refractivity contribution < 1.29 is 19.4 Å². The second-order valence-electron chi connectivity index (χ2n) is 7.57. The Hall–Kier alpha value is -2.83. The van der Waals surface area contributed by atoms with Crippen LogP contribution in [0.5, 0.6) is 5.75 Å². The number of hydrogen-bond acceptors (Lipinski definition) is 4. The summed E-state index contributed by atoms with van der Waals surface area (Å²) in [6.07, 6.45) is 3.45. The summed E-state index contributed by atoms with van der Waals surface area (Å²) in [4.78, 5) is 25.3. The van der Waals surface area contributed by atoms with E-state index in [9.17, 15) is 9.59 Å². The molecule has 7 heteroatoms. The predicted octanol–water partition coefficient (Wildman–Crippen LogP) is 2.96. The highest BCUT2D eigenvalue weighted by Crippen LogP contribution is 2.40. The number of aromatic nitrogens is 2. The van der Waals surface area contributed by atoms with Crippen LogP contribution >= 0.6 is 0 Å². The Kier molecular flexibility index (Phi) is 4.37. The number of carbonyl (C=O) groups is 2. The van der Waals surface area contributed by atoms with Crippen molar-refractivity contribution in [3.8, 4) is 5.75 Å². The minimum atomic E-state index is -1.13. The molecule has 2 fully saturated rings. The maximum absolute atomic E-state index is 12.6. The Balaban J connectivity index is 1.37. The summed E-state index contributed by atoms with van der Waals surface area (Å²) in [5.74, 6) is 0.647. The molecule has 1 saturated carbocycles. The number of carboxylic acid groups (broad SMARTS) is 1. The van der Waals surface area contributed by atoms with E-state index in [0.717, 1.165) is 23.3 Å². The first kappa shape index (κ1) is 17.6. The van der Waals surface area contributed by atoms with Gasteiger partial charge >= 0.3 is 12.0 Å². The molecule has 0 unspecified atom stereocenters. The van der Waals surface area contributed by atoms with Crippen LogP contribution in [0.4, 0.5) is 4.79 Å². The number of ether oxygens (including phenoxy) is 1. The molecule has 3 atom stereocenters. The van der Waals surface area contributed by atoms with Gasteiger partial charge < -0.3 is 14.7 Å². The van der Waals surface area contributed by atoms with Crippen LogP contribution in [0.15, 0.2) is 30.5 Å². The number of amides is 1. The fraction of sp³-hybridized carbons (Fsp3) is 0.450. The van der Waals surface area contributed by atoms with Crippen LogP contribution in [-0.4, -0.2) is 51.0 Å². The summed E-state index contributed by atoms with van der Waals surface area (Å²) in [7, 11) is 0. The number of hydrogen-bond donors (Lipinski definition) is 1. The Bertz CT molecular complexity index is 877. The summed E-state index contributed by atoms with van der Waals surface area (Å²) >= 11 is 0. The van der Waals surface area contributed by atoms with Crippen LogP contribution in [0.2, 0.25) is 0 Å². The average Bonchev–Trinajstić information content (AvgIpc) is 3.32.